The molecular weight excluding hydrogens is 222 g/mol. The second-order valence-electron chi connectivity index (χ2n) is 6.08. The Balaban J connectivity index is 2.18. The largest absolute Gasteiger partial charge is 0.369 e. The Morgan fingerprint density at radius 3 is 2.50 bits per heavy atom. The topological polar surface area (TPSA) is 43.1 Å². The van der Waals surface area contributed by atoms with Crippen LogP contribution in [0.2, 0.25) is 0 Å². The average Bonchev–Trinajstić information content (AvgIpc) is 2.75. The molecule has 1 fully saturated rings. The first-order valence-corrected chi connectivity index (χ1v) is 6.58. The molecule has 94 valence electrons. The van der Waals surface area contributed by atoms with Crippen LogP contribution in [0.3, 0.4) is 0 Å². The minimum atomic E-state index is -0.473. The highest BCUT2D eigenvalue weighted by atomic mass is 16.1. The van der Waals surface area contributed by atoms with Gasteiger partial charge in [0.1, 0.15) is 0 Å². The normalized spacial score (nSPS) is 32.3. The first-order valence-electron chi connectivity index (χ1n) is 6.58. The van der Waals surface area contributed by atoms with Crippen LogP contribution >= 0.6 is 0 Å². The summed E-state index contributed by atoms with van der Waals surface area (Å²) in [6.45, 7) is 4.36. The third-order valence-corrected chi connectivity index (χ3v) is 5.19. The maximum absolute atomic E-state index is 12.2. The second kappa shape index (κ2) is 3.47. The number of hydrogen-bond donors (Lipinski definition) is 1. The summed E-state index contributed by atoms with van der Waals surface area (Å²) in [5.74, 6) is 0.308. The first kappa shape index (κ1) is 11.5. The van der Waals surface area contributed by atoms with Crippen LogP contribution in [0.25, 0.3) is 5.57 Å². The van der Waals surface area contributed by atoms with Gasteiger partial charge in [0.15, 0.2) is 0 Å². The van der Waals surface area contributed by atoms with Gasteiger partial charge >= 0.3 is 0 Å². The molecular formula is C16H19NO. The Morgan fingerprint density at radius 1 is 1.28 bits per heavy atom. The highest BCUT2D eigenvalue weighted by molar-refractivity contribution is 5.99. The summed E-state index contributed by atoms with van der Waals surface area (Å²) in [5.41, 5.74) is 7.56. The van der Waals surface area contributed by atoms with Crippen LogP contribution in [0.1, 0.15) is 32.3 Å². The number of benzene rings is 1. The monoisotopic (exact) mass is 241 g/mol. The van der Waals surface area contributed by atoms with Gasteiger partial charge in [-0.05, 0) is 35.3 Å². The lowest BCUT2D eigenvalue weighted by Crippen LogP contribution is -2.44. The number of rotatable bonds is 2. The number of primary amides is 1. The molecule has 1 amide bonds. The Kier molecular flexibility index (Phi) is 2.22. The Morgan fingerprint density at radius 2 is 1.94 bits per heavy atom. The maximum atomic E-state index is 12.2. The van der Waals surface area contributed by atoms with E-state index in [1.54, 1.807) is 0 Å². The predicted octanol–water partition coefficient (Wildman–Crippen LogP) is 2.99. The lowest BCUT2D eigenvalue weighted by molar-refractivity contribution is -0.128. The van der Waals surface area contributed by atoms with Gasteiger partial charge in [0, 0.05) is 0 Å². The molecule has 0 heterocycles. The summed E-state index contributed by atoms with van der Waals surface area (Å²) < 4.78 is 0. The molecule has 0 aromatic heterocycles. The van der Waals surface area contributed by atoms with Gasteiger partial charge in [0.25, 0.3) is 0 Å². The molecule has 2 N–H and O–H groups in total. The number of nitrogens with two attached hydrogens (primary N) is 1. The molecule has 1 aromatic carbocycles. The van der Waals surface area contributed by atoms with Crippen molar-refractivity contribution in [1.29, 1.82) is 0 Å². The summed E-state index contributed by atoms with van der Waals surface area (Å²) in [6.07, 6.45) is 4.25. The van der Waals surface area contributed by atoms with Gasteiger partial charge in [0.05, 0.1) is 5.41 Å². The fraction of sp³-hybridized carbons (Fsp3) is 0.438. The van der Waals surface area contributed by atoms with Gasteiger partial charge in [-0.25, -0.2) is 0 Å². The van der Waals surface area contributed by atoms with Crippen LogP contribution in [-0.4, -0.2) is 5.91 Å². The number of allylic oxidation sites excluding steroid dienone is 1. The third-order valence-electron chi connectivity index (χ3n) is 5.19. The van der Waals surface area contributed by atoms with E-state index in [0.29, 0.717) is 5.92 Å². The zero-order chi connectivity index (χ0) is 13.0. The molecule has 2 nitrogen and oxygen atoms in total. The summed E-state index contributed by atoms with van der Waals surface area (Å²) in [5, 5.41) is 0. The molecule has 2 bridgehead atoms. The lowest BCUT2D eigenvalue weighted by atomic mass is 9.64. The van der Waals surface area contributed by atoms with E-state index in [0.717, 1.165) is 24.0 Å². The van der Waals surface area contributed by atoms with Gasteiger partial charge in [-0.1, -0.05) is 50.3 Å². The Labute approximate surface area is 108 Å². The zero-order valence-corrected chi connectivity index (χ0v) is 10.9. The molecule has 0 radical (unpaired) electrons. The van der Waals surface area contributed by atoms with Crippen molar-refractivity contribution in [1.82, 2.24) is 0 Å². The lowest BCUT2D eigenvalue weighted by Gasteiger charge is -2.38. The fourth-order valence-electron chi connectivity index (χ4n) is 4.02. The molecule has 2 aliphatic carbocycles. The van der Waals surface area contributed by atoms with E-state index >= 15 is 0 Å². The molecule has 3 rings (SSSR count). The highest BCUT2D eigenvalue weighted by Gasteiger charge is 2.63. The van der Waals surface area contributed by atoms with Gasteiger partial charge in [-0.15, -0.1) is 0 Å². The van der Waals surface area contributed by atoms with Crippen LogP contribution in [0.15, 0.2) is 36.4 Å². The minimum absolute atomic E-state index is 0.0516. The van der Waals surface area contributed by atoms with Gasteiger partial charge < -0.3 is 5.73 Å². The molecule has 2 aliphatic rings. The van der Waals surface area contributed by atoms with E-state index in [4.69, 9.17) is 5.73 Å². The molecule has 2 heteroatoms. The average molecular weight is 241 g/mol. The van der Waals surface area contributed by atoms with Gasteiger partial charge in [-0.2, -0.15) is 0 Å². The van der Waals surface area contributed by atoms with Crippen molar-refractivity contribution >= 4 is 11.5 Å². The predicted molar refractivity (Wildman–Crippen MR) is 72.6 cm³/mol. The first-order chi connectivity index (χ1) is 8.50. The number of carbonyl (C=O) groups is 1. The summed E-state index contributed by atoms with van der Waals surface area (Å²) in [4.78, 5) is 12.2. The van der Waals surface area contributed by atoms with Crippen molar-refractivity contribution in [3.05, 3.63) is 42.0 Å². The molecule has 0 aliphatic heterocycles. The number of hydrogen-bond acceptors (Lipinski definition) is 1. The molecule has 18 heavy (non-hydrogen) atoms. The second-order valence-corrected chi connectivity index (χ2v) is 6.08. The zero-order valence-electron chi connectivity index (χ0n) is 10.9. The maximum Gasteiger partial charge on any atom is 0.228 e. The minimum Gasteiger partial charge on any atom is -0.369 e. The number of carbonyl (C=O) groups excluding carboxylic acids is 1. The van der Waals surface area contributed by atoms with Crippen molar-refractivity contribution in [3.63, 3.8) is 0 Å². The van der Waals surface area contributed by atoms with Crippen LogP contribution in [-0.2, 0) is 4.79 Å². The van der Waals surface area contributed by atoms with E-state index in [9.17, 15) is 4.79 Å². The third kappa shape index (κ3) is 1.16. The molecule has 1 saturated carbocycles. The van der Waals surface area contributed by atoms with Crippen LogP contribution in [0.4, 0.5) is 0 Å². The standard InChI is InChI=1S/C16H19NO/c1-15(2)12-8-9-16(15,14(17)18)13(10-12)11-6-4-3-5-7-11/h3-7,10,12H,8-9H2,1-2H3,(H2,17,18)/t12-,16+/m1/s1. The van der Waals surface area contributed by atoms with E-state index in [-0.39, 0.29) is 11.3 Å². The molecule has 2 atom stereocenters. The van der Waals surface area contributed by atoms with E-state index < -0.39 is 5.41 Å². The van der Waals surface area contributed by atoms with Crippen LogP contribution < -0.4 is 5.73 Å². The molecule has 0 saturated heterocycles. The summed E-state index contributed by atoms with van der Waals surface area (Å²) >= 11 is 0. The van der Waals surface area contributed by atoms with E-state index in [1.165, 1.54) is 0 Å². The SMILES string of the molecule is CC1(C)[C@H]2C=C(c3ccccc3)[C@]1(C(N)=O)CC2. The highest BCUT2D eigenvalue weighted by Crippen LogP contribution is 2.67. The fourth-order valence-corrected chi connectivity index (χ4v) is 4.02. The summed E-state index contributed by atoms with van der Waals surface area (Å²) in [6, 6.07) is 10.2. The van der Waals surface area contributed by atoms with E-state index in [1.807, 2.05) is 18.2 Å². The van der Waals surface area contributed by atoms with Crippen LogP contribution in [0.5, 0.6) is 0 Å². The smallest absolute Gasteiger partial charge is 0.228 e. The van der Waals surface area contributed by atoms with Crippen molar-refractivity contribution in [2.75, 3.05) is 0 Å². The van der Waals surface area contributed by atoms with Crippen molar-refractivity contribution < 1.29 is 4.79 Å². The van der Waals surface area contributed by atoms with Gasteiger partial charge in [0.2, 0.25) is 5.91 Å². The Hall–Kier alpha value is -1.57. The molecule has 0 spiro atoms. The Bertz CT molecular complexity index is 529. The molecule has 0 unspecified atom stereocenters. The van der Waals surface area contributed by atoms with Crippen LogP contribution in [0, 0.1) is 16.7 Å². The van der Waals surface area contributed by atoms with Gasteiger partial charge in [-0.3, -0.25) is 4.79 Å². The molecule has 1 aromatic rings. The van der Waals surface area contributed by atoms with E-state index in [2.05, 4.69) is 32.1 Å². The number of amides is 1. The van der Waals surface area contributed by atoms with Crippen molar-refractivity contribution in [3.8, 4) is 0 Å². The quantitative estimate of drug-likeness (QED) is 0.849. The summed E-state index contributed by atoms with van der Waals surface area (Å²) in [7, 11) is 0. The van der Waals surface area contributed by atoms with Crippen molar-refractivity contribution in [2.45, 2.75) is 26.7 Å². The van der Waals surface area contributed by atoms with Crippen molar-refractivity contribution in [2.24, 2.45) is 22.5 Å². The number of fused-ring (bicyclic) bond motifs is 2.